The summed E-state index contributed by atoms with van der Waals surface area (Å²) in [5.41, 5.74) is 0.766. The van der Waals surface area contributed by atoms with Crippen LogP contribution in [0.4, 0.5) is 4.39 Å². The van der Waals surface area contributed by atoms with E-state index in [1.54, 1.807) is 6.07 Å². The minimum absolute atomic E-state index is 0.0525. The van der Waals surface area contributed by atoms with Gasteiger partial charge in [-0.2, -0.15) is 0 Å². The Morgan fingerprint density at radius 2 is 2.31 bits per heavy atom. The number of hydrogen-bond acceptors (Lipinski definition) is 2. The Kier molecular flexibility index (Phi) is 3.79. The predicted octanol–water partition coefficient (Wildman–Crippen LogP) is 2.94. The van der Waals surface area contributed by atoms with Gasteiger partial charge in [-0.25, -0.2) is 4.39 Å². The topological polar surface area (TPSA) is 29.5 Å². The standard InChI is InChI=1S/C12H14ClFO2/c13-11-6-9(14)3-4-10(11)12-8(7-15)2-1-5-16-12/h3-4,6,8,12,15H,1-2,5,7H2. The quantitative estimate of drug-likeness (QED) is 0.867. The first-order chi connectivity index (χ1) is 7.72. The van der Waals surface area contributed by atoms with Gasteiger partial charge in [0.15, 0.2) is 0 Å². The lowest BCUT2D eigenvalue weighted by Crippen LogP contribution is -2.25. The molecule has 0 radical (unpaired) electrons. The van der Waals surface area contributed by atoms with Gasteiger partial charge in [0.25, 0.3) is 0 Å². The normalized spacial score (nSPS) is 25.7. The molecule has 1 fully saturated rings. The summed E-state index contributed by atoms with van der Waals surface area (Å²) in [6, 6.07) is 4.28. The van der Waals surface area contributed by atoms with Crippen LogP contribution in [0.1, 0.15) is 24.5 Å². The second kappa shape index (κ2) is 5.13. The predicted molar refractivity (Wildman–Crippen MR) is 59.9 cm³/mol. The van der Waals surface area contributed by atoms with E-state index < -0.39 is 0 Å². The summed E-state index contributed by atoms with van der Waals surface area (Å²) in [5, 5.41) is 9.64. The molecule has 1 saturated heterocycles. The van der Waals surface area contributed by atoms with Crippen LogP contribution in [0.25, 0.3) is 0 Å². The molecule has 1 heterocycles. The van der Waals surface area contributed by atoms with Gasteiger partial charge >= 0.3 is 0 Å². The first kappa shape index (κ1) is 11.8. The number of ether oxygens (including phenoxy) is 1. The van der Waals surface area contributed by atoms with Crippen LogP contribution in [0.2, 0.25) is 5.02 Å². The minimum atomic E-state index is -0.356. The maximum Gasteiger partial charge on any atom is 0.124 e. The molecule has 2 rings (SSSR count). The summed E-state index contributed by atoms with van der Waals surface area (Å²) >= 11 is 5.98. The summed E-state index contributed by atoms with van der Waals surface area (Å²) in [6.45, 7) is 0.729. The van der Waals surface area contributed by atoms with E-state index in [1.165, 1.54) is 12.1 Å². The first-order valence-corrected chi connectivity index (χ1v) is 5.77. The molecule has 1 N–H and O–H groups in total. The van der Waals surface area contributed by atoms with Crippen molar-refractivity contribution in [2.45, 2.75) is 18.9 Å². The van der Waals surface area contributed by atoms with Crippen LogP contribution in [0.3, 0.4) is 0 Å². The molecule has 2 atom stereocenters. The Hall–Kier alpha value is -0.640. The summed E-state index contributed by atoms with van der Waals surface area (Å²) in [4.78, 5) is 0. The largest absolute Gasteiger partial charge is 0.396 e. The maximum absolute atomic E-state index is 12.9. The van der Waals surface area contributed by atoms with Gasteiger partial charge in [0.05, 0.1) is 6.10 Å². The van der Waals surface area contributed by atoms with Crippen molar-refractivity contribution in [3.63, 3.8) is 0 Å². The van der Waals surface area contributed by atoms with Crippen LogP contribution in [-0.4, -0.2) is 18.3 Å². The minimum Gasteiger partial charge on any atom is -0.396 e. The molecule has 0 aromatic heterocycles. The second-order valence-corrected chi connectivity index (χ2v) is 4.45. The summed E-state index contributed by atoms with van der Waals surface area (Å²) in [6.07, 6.45) is 1.64. The highest BCUT2D eigenvalue weighted by Crippen LogP contribution is 2.36. The van der Waals surface area contributed by atoms with E-state index in [2.05, 4.69) is 0 Å². The van der Waals surface area contributed by atoms with Gasteiger partial charge in [-0.15, -0.1) is 0 Å². The number of rotatable bonds is 2. The highest BCUT2D eigenvalue weighted by molar-refractivity contribution is 6.31. The number of halogens is 2. The zero-order valence-electron chi connectivity index (χ0n) is 8.83. The maximum atomic E-state index is 12.9. The zero-order chi connectivity index (χ0) is 11.5. The number of benzene rings is 1. The molecular weight excluding hydrogens is 231 g/mol. The molecule has 0 aliphatic carbocycles. The summed E-state index contributed by atoms with van der Waals surface area (Å²) in [7, 11) is 0. The lowest BCUT2D eigenvalue weighted by Gasteiger charge is -2.31. The Morgan fingerprint density at radius 1 is 1.50 bits per heavy atom. The van der Waals surface area contributed by atoms with Crippen LogP contribution in [0.5, 0.6) is 0 Å². The molecule has 0 saturated carbocycles. The molecule has 0 bridgehead atoms. The fourth-order valence-electron chi connectivity index (χ4n) is 2.11. The van der Waals surface area contributed by atoms with Crippen LogP contribution >= 0.6 is 11.6 Å². The Labute approximate surface area is 99.0 Å². The van der Waals surface area contributed by atoms with E-state index in [0.717, 1.165) is 18.4 Å². The summed E-state index contributed by atoms with van der Waals surface area (Å²) < 4.78 is 18.5. The summed E-state index contributed by atoms with van der Waals surface area (Å²) in [5.74, 6) is -0.304. The van der Waals surface area contributed by atoms with Gasteiger partial charge in [0.1, 0.15) is 5.82 Å². The van der Waals surface area contributed by atoms with E-state index in [1.807, 2.05) is 0 Å². The van der Waals surface area contributed by atoms with Crippen molar-refractivity contribution in [1.29, 1.82) is 0 Å². The van der Waals surface area contributed by atoms with Gasteiger partial charge in [-0.05, 0) is 30.5 Å². The molecule has 1 aliphatic heterocycles. The molecule has 16 heavy (non-hydrogen) atoms. The zero-order valence-corrected chi connectivity index (χ0v) is 9.58. The third kappa shape index (κ3) is 2.37. The Morgan fingerprint density at radius 3 is 3.00 bits per heavy atom. The number of aliphatic hydroxyl groups excluding tert-OH is 1. The van der Waals surface area contributed by atoms with Crippen molar-refractivity contribution < 1.29 is 14.2 Å². The smallest absolute Gasteiger partial charge is 0.124 e. The highest BCUT2D eigenvalue weighted by Gasteiger charge is 2.28. The second-order valence-electron chi connectivity index (χ2n) is 4.04. The van der Waals surface area contributed by atoms with Crippen LogP contribution in [0.15, 0.2) is 18.2 Å². The molecule has 4 heteroatoms. The van der Waals surface area contributed by atoms with Gasteiger partial charge in [-0.3, -0.25) is 0 Å². The van der Waals surface area contributed by atoms with Crippen molar-refractivity contribution in [3.8, 4) is 0 Å². The van der Waals surface area contributed by atoms with E-state index in [4.69, 9.17) is 16.3 Å². The first-order valence-electron chi connectivity index (χ1n) is 5.40. The number of aliphatic hydroxyl groups is 1. The molecule has 0 spiro atoms. The van der Waals surface area contributed by atoms with E-state index in [-0.39, 0.29) is 24.4 Å². The molecule has 0 amide bonds. The fraction of sp³-hybridized carbons (Fsp3) is 0.500. The van der Waals surface area contributed by atoms with Crippen molar-refractivity contribution in [2.24, 2.45) is 5.92 Å². The monoisotopic (exact) mass is 244 g/mol. The molecule has 1 aromatic rings. The lowest BCUT2D eigenvalue weighted by molar-refractivity contribution is -0.0456. The van der Waals surface area contributed by atoms with Crippen molar-refractivity contribution in [2.75, 3.05) is 13.2 Å². The molecule has 1 aliphatic rings. The third-order valence-electron chi connectivity index (χ3n) is 2.95. The fourth-order valence-corrected chi connectivity index (χ4v) is 2.38. The van der Waals surface area contributed by atoms with Gasteiger partial charge in [-0.1, -0.05) is 17.7 Å². The molecule has 2 unspecified atom stereocenters. The van der Waals surface area contributed by atoms with Crippen molar-refractivity contribution in [1.82, 2.24) is 0 Å². The van der Waals surface area contributed by atoms with Crippen LogP contribution in [-0.2, 0) is 4.74 Å². The Bertz CT molecular complexity index is 370. The SMILES string of the molecule is OCC1CCCOC1c1ccc(F)cc1Cl. The average molecular weight is 245 g/mol. The van der Waals surface area contributed by atoms with Gasteiger partial charge in [0.2, 0.25) is 0 Å². The van der Waals surface area contributed by atoms with E-state index in [0.29, 0.717) is 11.6 Å². The van der Waals surface area contributed by atoms with Gasteiger partial charge in [0, 0.05) is 24.2 Å². The molecule has 1 aromatic carbocycles. The van der Waals surface area contributed by atoms with Gasteiger partial charge < -0.3 is 9.84 Å². The molecule has 2 nitrogen and oxygen atoms in total. The van der Waals surface area contributed by atoms with Crippen molar-refractivity contribution in [3.05, 3.63) is 34.6 Å². The number of hydrogen-bond donors (Lipinski definition) is 1. The third-order valence-corrected chi connectivity index (χ3v) is 3.28. The highest BCUT2D eigenvalue weighted by atomic mass is 35.5. The van der Waals surface area contributed by atoms with Crippen molar-refractivity contribution >= 4 is 11.6 Å². The molecular formula is C12H14ClFO2. The average Bonchev–Trinajstić information content (AvgIpc) is 2.29. The van der Waals surface area contributed by atoms with Crippen LogP contribution in [0, 0.1) is 11.7 Å². The van der Waals surface area contributed by atoms with E-state index >= 15 is 0 Å². The Balaban J connectivity index is 2.27. The van der Waals surface area contributed by atoms with Crippen LogP contribution < -0.4 is 0 Å². The lowest BCUT2D eigenvalue weighted by atomic mass is 9.90. The van der Waals surface area contributed by atoms with E-state index in [9.17, 15) is 9.50 Å². The molecule has 88 valence electrons.